The Balaban J connectivity index is 1.82. The van der Waals surface area contributed by atoms with E-state index in [1.165, 1.54) is 11.3 Å². The van der Waals surface area contributed by atoms with Gasteiger partial charge >= 0.3 is 0 Å². The summed E-state index contributed by atoms with van der Waals surface area (Å²) in [5, 5.41) is 6.04. The minimum absolute atomic E-state index is 0.300. The van der Waals surface area contributed by atoms with E-state index in [0.717, 1.165) is 11.4 Å². The highest BCUT2D eigenvalue weighted by Gasteiger charge is 2.14. The van der Waals surface area contributed by atoms with Crippen LogP contribution in [-0.2, 0) is 10.0 Å². The largest absolute Gasteiger partial charge is 0.279 e. The first-order chi connectivity index (χ1) is 10.0. The summed E-state index contributed by atoms with van der Waals surface area (Å²) in [6.07, 6.45) is 1.86. The molecule has 0 amide bonds. The summed E-state index contributed by atoms with van der Waals surface area (Å²) < 4.78 is 28.8. The van der Waals surface area contributed by atoms with Crippen LogP contribution in [0.4, 0.5) is 5.69 Å². The zero-order valence-corrected chi connectivity index (χ0v) is 12.9. The van der Waals surface area contributed by atoms with Crippen LogP contribution in [0.2, 0.25) is 0 Å². The Kier molecular flexibility index (Phi) is 3.52. The molecular formula is C14H13N3O2S2. The van der Waals surface area contributed by atoms with Crippen LogP contribution in [-0.4, -0.2) is 18.2 Å². The SMILES string of the molecule is Cc1ccn(-c2ccc(NS(=O)(=O)c3cccs3)cc2)n1. The lowest BCUT2D eigenvalue weighted by Crippen LogP contribution is -2.11. The van der Waals surface area contributed by atoms with Crippen molar-refractivity contribution < 1.29 is 8.42 Å². The van der Waals surface area contributed by atoms with Gasteiger partial charge in [0.05, 0.1) is 11.4 Å². The Morgan fingerprint density at radius 2 is 1.90 bits per heavy atom. The molecule has 3 aromatic rings. The minimum Gasteiger partial charge on any atom is -0.279 e. The van der Waals surface area contributed by atoms with Gasteiger partial charge in [0.15, 0.2) is 0 Å². The van der Waals surface area contributed by atoms with Crippen molar-refractivity contribution in [3.8, 4) is 5.69 Å². The molecule has 0 bridgehead atoms. The molecule has 0 aliphatic heterocycles. The van der Waals surface area contributed by atoms with Crippen molar-refractivity contribution in [3.05, 3.63) is 59.7 Å². The Morgan fingerprint density at radius 3 is 2.48 bits per heavy atom. The summed E-state index contributed by atoms with van der Waals surface area (Å²) in [5.41, 5.74) is 2.33. The number of aryl methyl sites for hydroxylation is 1. The van der Waals surface area contributed by atoms with Crippen LogP contribution in [0.1, 0.15) is 5.69 Å². The summed E-state index contributed by atoms with van der Waals surface area (Å²) in [5.74, 6) is 0. The second-order valence-electron chi connectivity index (χ2n) is 4.49. The molecule has 0 atom stereocenters. The average Bonchev–Trinajstić information content (AvgIpc) is 3.10. The molecule has 0 unspecified atom stereocenters. The van der Waals surface area contributed by atoms with Gasteiger partial charge in [-0.2, -0.15) is 5.10 Å². The molecule has 0 radical (unpaired) electrons. The quantitative estimate of drug-likeness (QED) is 0.804. The molecule has 2 heterocycles. The van der Waals surface area contributed by atoms with Crippen LogP contribution in [0.15, 0.2) is 58.3 Å². The maximum Gasteiger partial charge on any atom is 0.271 e. The van der Waals surface area contributed by atoms with Crippen LogP contribution in [0.3, 0.4) is 0 Å². The predicted molar refractivity (Wildman–Crippen MR) is 83.4 cm³/mol. The number of benzene rings is 1. The number of nitrogens with zero attached hydrogens (tertiary/aromatic N) is 2. The topological polar surface area (TPSA) is 64.0 Å². The molecule has 0 aliphatic rings. The molecule has 7 heteroatoms. The summed E-state index contributed by atoms with van der Waals surface area (Å²) >= 11 is 1.19. The first kappa shape index (κ1) is 13.8. The number of rotatable bonds is 4. The van der Waals surface area contributed by atoms with E-state index in [-0.39, 0.29) is 0 Å². The van der Waals surface area contributed by atoms with E-state index >= 15 is 0 Å². The van der Waals surface area contributed by atoms with E-state index in [9.17, 15) is 8.42 Å². The fourth-order valence-electron chi connectivity index (χ4n) is 1.86. The second-order valence-corrected chi connectivity index (χ2v) is 7.34. The minimum atomic E-state index is -3.50. The van der Waals surface area contributed by atoms with Crippen LogP contribution < -0.4 is 4.72 Å². The molecule has 5 nitrogen and oxygen atoms in total. The first-order valence-corrected chi connectivity index (χ1v) is 8.60. The number of sulfonamides is 1. The fourth-order valence-corrected chi connectivity index (χ4v) is 3.91. The maximum atomic E-state index is 12.1. The first-order valence-electron chi connectivity index (χ1n) is 6.24. The van der Waals surface area contributed by atoms with Crippen LogP contribution in [0, 0.1) is 6.92 Å². The third kappa shape index (κ3) is 2.98. The lowest BCUT2D eigenvalue weighted by Gasteiger charge is -2.07. The van der Waals surface area contributed by atoms with E-state index in [0.29, 0.717) is 9.90 Å². The molecule has 21 heavy (non-hydrogen) atoms. The summed E-state index contributed by atoms with van der Waals surface area (Å²) in [6.45, 7) is 1.92. The van der Waals surface area contributed by atoms with E-state index in [2.05, 4.69) is 9.82 Å². The number of anilines is 1. The molecule has 2 aromatic heterocycles. The highest BCUT2D eigenvalue weighted by Crippen LogP contribution is 2.21. The zero-order chi connectivity index (χ0) is 14.9. The van der Waals surface area contributed by atoms with Gasteiger partial charge < -0.3 is 0 Å². The third-order valence-corrected chi connectivity index (χ3v) is 5.65. The number of thiophene rings is 1. The van der Waals surface area contributed by atoms with E-state index in [1.54, 1.807) is 34.3 Å². The smallest absolute Gasteiger partial charge is 0.271 e. The van der Waals surface area contributed by atoms with Crippen LogP contribution in [0.5, 0.6) is 0 Å². The standard InChI is InChI=1S/C14H13N3O2S2/c1-11-8-9-17(15-11)13-6-4-12(5-7-13)16-21(18,19)14-3-2-10-20-14/h2-10,16H,1H3. The average molecular weight is 319 g/mol. The van der Waals surface area contributed by atoms with E-state index in [1.807, 2.05) is 31.3 Å². The number of nitrogens with one attached hydrogen (secondary N) is 1. The Hall–Kier alpha value is -2.12. The number of aromatic nitrogens is 2. The highest BCUT2D eigenvalue weighted by molar-refractivity contribution is 7.94. The van der Waals surface area contributed by atoms with Gasteiger partial charge in [-0.15, -0.1) is 11.3 Å². The molecule has 1 N–H and O–H groups in total. The van der Waals surface area contributed by atoms with Gasteiger partial charge in [0.25, 0.3) is 10.0 Å². The number of hydrogen-bond acceptors (Lipinski definition) is 4. The second kappa shape index (κ2) is 5.34. The van der Waals surface area contributed by atoms with Crippen molar-refractivity contribution in [2.45, 2.75) is 11.1 Å². The van der Waals surface area contributed by atoms with Crippen molar-refractivity contribution in [1.82, 2.24) is 9.78 Å². The highest BCUT2D eigenvalue weighted by atomic mass is 32.2. The van der Waals surface area contributed by atoms with Crippen LogP contribution in [0.25, 0.3) is 5.69 Å². The van der Waals surface area contributed by atoms with Gasteiger partial charge in [0, 0.05) is 11.9 Å². The molecule has 1 aromatic carbocycles. The Bertz CT molecular complexity index is 835. The third-order valence-electron chi connectivity index (χ3n) is 2.87. The van der Waals surface area contributed by atoms with E-state index < -0.39 is 10.0 Å². The fraction of sp³-hybridized carbons (Fsp3) is 0.0714. The van der Waals surface area contributed by atoms with Gasteiger partial charge in [0.2, 0.25) is 0 Å². The molecule has 0 spiro atoms. The van der Waals surface area contributed by atoms with E-state index in [4.69, 9.17) is 0 Å². The van der Waals surface area contributed by atoms with Crippen molar-refractivity contribution >= 4 is 27.0 Å². The molecule has 0 saturated heterocycles. The van der Waals surface area contributed by atoms with Crippen LogP contribution >= 0.6 is 11.3 Å². The van der Waals surface area contributed by atoms with Crippen molar-refractivity contribution in [2.24, 2.45) is 0 Å². The van der Waals surface area contributed by atoms with Crippen molar-refractivity contribution in [2.75, 3.05) is 4.72 Å². The van der Waals surface area contributed by atoms with Gasteiger partial charge in [-0.25, -0.2) is 13.1 Å². The molecule has 0 saturated carbocycles. The van der Waals surface area contributed by atoms with Gasteiger partial charge in [0.1, 0.15) is 4.21 Å². The summed E-state index contributed by atoms with van der Waals surface area (Å²) in [6, 6.07) is 12.3. The number of hydrogen-bond donors (Lipinski definition) is 1. The predicted octanol–water partition coefficient (Wildman–Crippen LogP) is 3.04. The lowest BCUT2D eigenvalue weighted by molar-refractivity contribution is 0.603. The lowest BCUT2D eigenvalue weighted by atomic mass is 10.3. The molecule has 0 aliphatic carbocycles. The van der Waals surface area contributed by atoms with Crippen molar-refractivity contribution in [3.63, 3.8) is 0 Å². The summed E-state index contributed by atoms with van der Waals surface area (Å²) in [4.78, 5) is 0. The summed E-state index contributed by atoms with van der Waals surface area (Å²) in [7, 11) is -3.50. The molecule has 3 rings (SSSR count). The molecule has 0 fully saturated rings. The van der Waals surface area contributed by atoms with Crippen molar-refractivity contribution in [1.29, 1.82) is 0 Å². The Labute approximate surface area is 126 Å². The van der Waals surface area contributed by atoms with Gasteiger partial charge in [-0.3, -0.25) is 4.72 Å². The van der Waals surface area contributed by atoms with Gasteiger partial charge in [-0.05, 0) is 48.7 Å². The Morgan fingerprint density at radius 1 is 1.14 bits per heavy atom. The maximum absolute atomic E-state index is 12.1. The molecule has 108 valence electrons. The molecular weight excluding hydrogens is 306 g/mol. The van der Waals surface area contributed by atoms with Gasteiger partial charge in [-0.1, -0.05) is 6.07 Å². The zero-order valence-electron chi connectivity index (χ0n) is 11.2. The monoisotopic (exact) mass is 319 g/mol. The normalized spacial score (nSPS) is 11.5.